The third-order valence-corrected chi connectivity index (χ3v) is 3.62. The normalized spacial score (nSPS) is 16.3. The van der Waals surface area contributed by atoms with E-state index in [4.69, 9.17) is 4.18 Å². The smallest absolute Gasteiger partial charge is 0.380 e. The number of halogens is 3. The molecule has 1 heterocycles. The number of amides is 1. The lowest BCUT2D eigenvalue weighted by Gasteiger charge is -2.29. The van der Waals surface area contributed by atoms with Gasteiger partial charge in [0, 0.05) is 13.1 Å². The number of rotatable bonds is 3. The number of carbonyl (C=O) groups is 1. The van der Waals surface area contributed by atoms with Crippen LogP contribution in [-0.2, 0) is 33.3 Å². The van der Waals surface area contributed by atoms with Crippen LogP contribution in [0.25, 0.3) is 0 Å². The molecule has 0 spiro atoms. The van der Waals surface area contributed by atoms with E-state index >= 15 is 0 Å². The van der Waals surface area contributed by atoms with Gasteiger partial charge in [0.2, 0.25) is 0 Å². The Morgan fingerprint density at radius 3 is 2.67 bits per heavy atom. The first-order valence-electron chi connectivity index (χ1n) is 5.93. The summed E-state index contributed by atoms with van der Waals surface area (Å²) in [4.78, 5) is 12.0. The maximum absolute atomic E-state index is 12.4. The number of benzene rings is 1. The molecule has 0 saturated heterocycles. The Morgan fingerprint density at radius 1 is 1.33 bits per heavy atom. The number of nitrogens with zero attached hydrogens (tertiary/aromatic N) is 1. The lowest BCUT2D eigenvalue weighted by molar-refractivity contribution is -0.186. The molecule has 1 aliphatic rings. The van der Waals surface area contributed by atoms with Gasteiger partial charge < -0.3 is 9.08 Å². The van der Waals surface area contributed by atoms with Crippen molar-refractivity contribution in [1.29, 1.82) is 0 Å². The molecule has 0 saturated carbocycles. The zero-order valence-corrected chi connectivity index (χ0v) is 11.8. The molecule has 5 nitrogen and oxygen atoms in total. The zero-order chi connectivity index (χ0) is 15.6. The monoisotopic (exact) mass is 323 g/mol. The summed E-state index contributed by atoms with van der Waals surface area (Å²) >= 11 is -1.97. The van der Waals surface area contributed by atoms with Gasteiger partial charge in [0.1, 0.15) is 5.75 Å². The van der Waals surface area contributed by atoms with Crippen molar-refractivity contribution >= 4 is 17.3 Å². The minimum absolute atomic E-state index is 0.00947. The molecule has 0 aromatic heterocycles. The average molecular weight is 323 g/mol. The highest BCUT2D eigenvalue weighted by Gasteiger charge is 2.43. The Bertz CT molecular complexity index is 576. The number of hydrogen-bond donors (Lipinski definition) is 0. The molecule has 1 aliphatic heterocycles. The first-order valence-corrected chi connectivity index (χ1v) is 6.93. The predicted molar refractivity (Wildman–Crippen MR) is 67.4 cm³/mol. The fourth-order valence-corrected chi connectivity index (χ4v) is 2.38. The molecule has 1 unspecified atom stereocenters. The van der Waals surface area contributed by atoms with Gasteiger partial charge in [-0.05, 0) is 29.7 Å². The molecule has 0 N–H and O–H groups in total. The predicted octanol–water partition coefficient (Wildman–Crippen LogP) is 1.74. The van der Waals surface area contributed by atoms with Crippen LogP contribution in [0.15, 0.2) is 18.2 Å². The van der Waals surface area contributed by atoms with Crippen molar-refractivity contribution in [2.45, 2.75) is 19.1 Å². The second-order valence-corrected chi connectivity index (χ2v) is 5.27. The summed E-state index contributed by atoms with van der Waals surface area (Å²) in [5.74, 6) is -1.66. The Kier molecular flexibility index (Phi) is 4.52. The van der Waals surface area contributed by atoms with E-state index in [0.29, 0.717) is 12.0 Å². The van der Waals surface area contributed by atoms with Crippen LogP contribution in [0.2, 0.25) is 0 Å². The second kappa shape index (κ2) is 6.02. The lowest BCUT2D eigenvalue weighted by atomic mass is 9.99. The summed E-state index contributed by atoms with van der Waals surface area (Å²) in [6.45, 7) is -0.153. The van der Waals surface area contributed by atoms with E-state index < -0.39 is 23.4 Å². The minimum Gasteiger partial charge on any atom is -0.380 e. The third kappa shape index (κ3) is 3.73. The van der Waals surface area contributed by atoms with Crippen LogP contribution in [0.3, 0.4) is 0 Å². The van der Waals surface area contributed by atoms with E-state index in [0.717, 1.165) is 10.5 Å². The van der Waals surface area contributed by atoms with Crippen molar-refractivity contribution in [2.75, 3.05) is 13.7 Å². The van der Waals surface area contributed by atoms with Crippen LogP contribution in [0, 0.1) is 0 Å². The average Bonchev–Trinajstić information content (AvgIpc) is 2.44. The van der Waals surface area contributed by atoms with Gasteiger partial charge >= 0.3 is 23.4 Å². The fourth-order valence-electron chi connectivity index (χ4n) is 2.05. The highest BCUT2D eigenvalue weighted by molar-refractivity contribution is 7.75. The van der Waals surface area contributed by atoms with Gasteiger partial charge in [-0.2, -0.15) is 17.4 Å². The molecule has 1 aromatic carbocycles. The van der Waals surface area contributed by atoms with Gasteiger partial charge in [-0.15, -0.1) is 0 Å². The van der Waals surface area contributed by atoms with E-state index in [1.807, 2.05) is 0 Å². The third-order valence-electron chi connectivity index (χ3n) is 3.02. The van der Waals surface area contributed by atoms with Gasteiger partial charge in [-0.3, -0.25) is 8.98 Å². The van der Waals surface area contributed by atoms with E-state index in [2.05, 4.69) is 4.18 Å². The molecule has 0 fully saturated rings. The van der Waals surface area contributed by atoms with Crippen LogP contribution in [0.1, 0.15) is 11.1 Å². The molecule has 1 aromatic rings. The topological polar surface area (TPSA) is 55.8 Å². The van der Waals surface area contributed by atoms with Crippen molar-refractivity contribution in [2.24, 2.45) is 0 Å². The Morgan fingerprint density at radius 2 is 2.05 bits per heavy atom. The Balaban J connectivity index is 2.17. The van der Waals surface area contributed by atoms with Crippen LogP contribution in [0.5, 0.6) is 5.75 Å². The summed E-state index contributed by atoms with van der Waals surface area (Å²) in [6, 6.07) is 4.69. The first kappa shape index (κ1) is 15.8. The maximum Gasteiger partial charge on any atom is 0.471 e. The van der Waals surface area contributed by atoms with Gasteiger partial charge in [0.25, 0.3) is 0 Å². The number of alkyl halides is 3. The number of carbonyl (C=O) groups excluding carboxylic acids is 1. The largest absolute Gasteiger partial charge is 0.471 e. The van der Waals surface area contributed by atoms with Gasteiger partial charge in [-0.25, -0.2) is 0 Å². The molecule has 0 bridgehead atoms. The molecule has 116 valence electrons. The van der Waals surface area contributed by atoms with Crippen molar-refractivity contribution in [1.82, 2.24) is 4.90 Å². The van der Waals surface area contributed by atoms with Crippen molar-refractivity contribution in [3.05, 3.63) is 29.3 Å². The first-order chi connectivity index (χ1) is 9.81. The van der Waals surface area contributed by atoms with E-state index in [-0.39, 0.29) is 18.8 Å². The van der Waals surface area contributed by atoms with E-state index in [9.17, 15) is 22.2 Å². The van der Waals surface area contributed by atoms with Crippen LogP contribution in [-0.4, -0.2) is 34.8 Å². The zero-order valence-electron chi connectivity index (χ0n) is 11.0. The van der Waals surface area contributed by atoms with Gasteiger partial charge in [0.05, 0.1) is 7.11 Å². The highest BCUT2D eigenvalue weighted by Crippen LogP contribution is 2.27. The highest BCUT2D eigenvalue weighted by atomic mass is 32.2. The summed E-state index contributed by atoms with van der Waals surface area (Å²) in [6.07, 6.45) is -4.56. The van der Waals surface area contributed by atoms with E-state index in [1.54, 1.807) is 12.1 Å². The molecule has 2 rings (SSSR count). The summed E-state index contributed by atoms with van der Waals surface area (Å²) < 4.78 is 57.8. The quantitative estimate of drug-likeness (QED) is 0.850. The summed E-state index contributed by atoms with van der Waals surface area (Å²) in [7, 11) is 1.19. The molecule has 1 amide bonds. The fraction of sp³-hybridized carbons (Fsp3) is 0.417. The van der Waals surface area contributed by atoms with Crippen molar-refractivity contribution < 1.29 is 30.5 Å². The molecule has 1 atom stereocenters. The molecular formula is C12H12F3NO4S. The van der Waals surface area contributed by atoms with Gasteiger partial charge in [0.15, 0.2) is 0 Å². The number of fused-ring (bicyclic) bond motifs is 1. The Labute approximate surface area is 121 Å². The summed E-state index contributed by atoms with van der Waals surface area (Å²) in [5, 5.41) is 0. The summed E-state index contributed by atoms with van der Waals surface area (Å²) in [5.41, 5.74) is 1.36. The Hall–Kier alpha value is -1.61. The molecule has 21 heavy (non-hydrogen) atoms. The SMILES string of the molecule is COS(=O)Oc1ccc2c(c1)CN(C(=O)C(F)(F)F)CC2. The lowest BCUT2D eigenvalue weighted by Crippen LogP contribution is -2.43. The van der Waals surface area contributed by atoms with Crippen molar-refractivity contribution in [3.8, 4) is 5.75 Å². The van der Waals surface area contributed by atoms with Crippen molar-refractivity contribution in [3.63, 3.8) is 0 Å². The van der Waals surface area contributed by atoms with E-state index in [1.165, 1.54) is 13.2 Å². The minimum atomic E-state index is -4.89. The molecule has 9 heteroatoms. The van der Waals surface area contributed by atoms with Crippen LogP contribution in [0.4, 0.5) is 13.2 Å². The molecule has 0 aliphatic carbocycles. The maximum atomic E-state index is 12.4. The standard InChI is InChI=1S/C12H12F3NO4S/c1-19-21(18)20-10-3-2-8-4-5-16(7-9(8)6-10)11(17)12(13,14)15/h2-3,6H,4-5,7H2,1H3. The second-order valence-electron chi connectivity index (χ2n) is 4.36. The van der Waals surface area contributed by atoms with Gasteiger partial charge in [-0.1, -0.05) is 6.07 Å². The van der Waals surface area contributed by atoms with Crippen LogP contribution >= 0.6 is 0 Å². The molecular weight excluding hydrogens is 311 g/mol. The number of hydrogen-bond acceptors (Lipinski definition) is 4. The van der Waals surface area contributed by atoms with Crippen LogP contribution < -0.4 is 4.18 Å². The molecule has 0 radical (unpaired) electrons.